The SMILES string of the molecule is CCC(O)c1cc(C#N)ccc1-c1cc(Cl)nc(C2CC2)c1. The topological polar surface area (TPSA) is 56.9 Å². The lowest BCUT2D eigenvalue weighted by atomic mass is 9.93. The van der Waals surface area contributed by atoms with Crippen LogP contribution in [0.25, 0.3) is 11.1 Å². The van der Waals surface area contributed by atoms with Crippen molar-refractivity contribution < 1.29 is 5.11 Å². The van der Waals surface area contributed by atoms with Crippen LogP contribution in [0.1, 0.15) is 55.0 Å². The second kappa shape index (κ2) is 6.08. The molecule has 112 valence electrons. The van der Waals surface area contributed by atoms with Gasteiger partial charge in [-0.15, -0.1) is 0 Å². The first kappa shape index (κ1) is 15.0. The van der Waals surface area contributed by atoms with Gasteiger partial charge in [0.05, 0.1) is 17.7 Å². The lowest BCUT2D eigenvalue weighted by molar-refractivity contribution is 0.174. The minimum Gasteiger partial charge on any atom is -0.388 e. The van der Waals surface area contributed by atoms with E-state index >= 15 is 0 Å². The Morgan fingerprint density at radius 2 is 2.14 bits per heavy atom. The molecule has 1 aliphatic rings. The average Bonchev–Trinajstić information content (AvgIpc) is 3.37. The third-order valence-electron chi connectivity index (χ3n) is 4.05. The summed E-state index contributed by atoms with van der Waals surface area (Å²) in [6.45, 7) is 1.92. The van der Waals surface area contributed by atoms with Gasteiger partial charge in [-0.3, -0.25) is 0 Å². The van der Waals surface area contributed by atoms with E-state index in [0.29, 0.717) is 23.1 Å². The number of benzene rings is 1. The molecule has 3 nitrogen and oxygen atoms in total. The molecule has 0 radical (unpaired) electrons. The summed E-state index contributed by atoms with van der Waals surface area (Å²) < 4.78 is 0. The van der Waals surface area contributed by atoms with Gasteiger partial charge in [-0.25, -0.2) is 4.98 Å². The van der Waals surface area contributed by atoms with Crippen LogP contribution in [0.2, 0.25) is 5.15 Å². The van der Waals surface area contributed by atoms with Crippen LogP contribution in [0.4, 0.5) is 0 Å². The lowest BCUT2D eigenvalue weighted by Gasteiger charge is -2.15. The minimum absolute atomic E-state index is 0.473. The van der Waals surface area contributed by atoms with Crippen molar-refractivity contribution >= 4 is 11.6 Å². The molecule has 1 unspecified atom stereocenters. The van der Waals surface area contributed by atoms with Crippen molar-refractivity contribution in [3.8, 4) is 17.2 Å². The third-order valence-corrected chi connectivity index (χ3v) is 4.24. The second-order valence-electron chi connectivity index (χ2n) is 5.72. The summed E-state index contributed by atoms with van der Waals surface area (Å²) in [7, 11) is 0. The molecule has 0 amide bonds. The van der Waals surface area contributed by atoms with Crippen molar-refractivity contribution in [2.75, 3.05) is 0 Å². The van der Waals surface area contributed by atoms with Gasteiger partial charge in [0.25, 0.3) is 0 Å². The van der Waals surface area contributed by atoms with Crippen LogP contribution in [0.3, 0.4) is 0 Å². The fourth-order valence-electron chi connectivity index (χ4n) is 2.65. The zero-order valence-corrected chi connectivity index (χ0v) is 13.1. The quantitative estimate of drug-likeness (QED) is 0.840. The molecule has 0 aliphatic heterocycles. The van der Waals surface area contributed by atoms with Crippen LogP contribution >= 0.6 is 11.6 Å². The number of nitriles is 1. The Morgan fingerprint density at radius 1 is 1.36 bits per heavy atom. The highest BCUT2D eigenvalue weighted by molar-refractivity contribution is 6.29. The molecule has 0 saturated heterocycles. The molecule has 1 aromatic heterocycles. The Balaban J connectivity index is 2.13. The molecule has 0 spiro atoms. The molecule has 1 N–H and O–H groups in total. The molecule has 1 atom stereocenters. The molecule has 22 heavy (non-hydrogen) atoms. The van der Waals surface area contributed by atoms with E-state index in [1.54, 1.807) is 12.1 Å². The van der Waals surface area contributed by atoms with E-state index in [0.717, 1.165) is 35.2 Å². The average molecular weight is 313 g/mol. The smallest absolute Gasteiger partial charge is 0.129 e. The summed E-state index contributed by atoms with van der Waals surface area (Å²) in [5, 5.41) is 19.9. The fraction of sp³-hybridized carbons (Fsp3) is 0.333. The van der Waals surface area contributed by atoms with Gasteiger partial charge in [-0.2, -0.15) is 5.26 Å². The van der Waals surface area contributed by atoms with E-state index < -0.39 is 6.10 Å². The lowest BCUT2D eigenvalue weighted by Crippen LogP contribution is -2.00. The molecule has 0 bridgehead atoms. The van der Waals surface area contributed by atoms with Crippen LogP contribution in [0.5, 0.6) is 0 Å². The predicted octanol–water partition coefficient (Wildman–Crippen LogP) is 4.59. The van der Waals surface area contributed by atoms with Crippen LogP contribution in [-0.2, 0) is 0 Å². The Kier molecular flexibility index (Phi) is 4.15. The van der Waals surface area contributed by atoms with Crippen molar-refractivity contribution in [3.63, 3.8) is 0 Å². The van der Waals surface area contributed by atoms with Gasteiger partial charge in [0.1, 0.15) is 5.15 Å². The number of halogens is 1. The first-order valence-corrected chi connectivity index (χ1v) is 7.90. The summed E-state index contributed by atoms with van der Waals surface area (Å²) >= 11 is 6.17. The summed E-state index contributed by atoms with van der Waals surface area (Å²) in [6, 6.07) is 11.4. The zero-order chi connectivity index (χ0) is 15.7. The highest BCUT2D eigenvalue weighted by Gasteiger charge is 2.26. The number of aliphatic hydroxyl groups excluding tert-OH is 1. The van der Waals surface area contributed by atoms with Crippen LogP contribution < -0.4 is 0 Å². The molecule has 3 rings (SSSR count). The Morgan fingerprint density at radius 3 is 2.77 bits per heavy atom. The van der Waals surface area contributed by atoms with Gasteiger partial charge < -0.3 is 5.11 Å². The number of hydrogen-bond donors (Lipinski definition) is 1. The molecule has 1 aliphatic carbocycles. The number of pyridine rings is 1. The number of aromatic nitrogens is 1. The molecule has 1 aromatic carbocycles. The van der Waals surface area contributed by atoms with Gasteiger partial charge in [0.2, 0.25) is 0 Å². The van der Waals surface area contributed by atoms with Crippen molar-refractivity contribution in [3.05, 3.63) is 52.3 Å². The van der Waals surface area contributed by atoms with Gasteiger partial charge in [-0.05, 0) is 60.2 Å². The first-order valence-electron chi connectivity index (χ1n) is 7.52. The van der Waals surface area contributed by atoms with E-state index in [1.165, 1.54) is 0 Å². The van der Waals surface area contributed by atoms with Crippen molar-refractivity contribution in [2.45, 2.75) is 38.2 Å². The van der Waals surface area contributed by atoms with Crippen LogP contribution in [0, 0.1) is 11.3 Å². The summed E-state index contributed by atoms with van der Waals surface area (Å²) in [4.78, 5) is 4.40. The molecule has 1 heterocycles. The number of rotatable bonds is 4. The normalized spacial score (nSPS) is 15.4. The molecular weight excluding hydrogens is 296 g/mol. The van der Waals surface area contributed by atoms with Crippen LogP contribution in [-0.4, -0.2) is 10.1 Å². The molecule has 2 aromatic rings. The maximum atomic E-state index is 10.3. The standard InChI is InChI=1S/C18H17ClN2O/c1-2-17(22)15-7-11(10-20)3-6-14(15)13-8-16(12-4-5-12)21-18(19)9-13/h3,6-9,12,17,22H,2,4-5H2,1H3. The van der Waals surface area contributed by atoms with E-state index in [-0.39, 0.29) is 0 Å². The van der Waals surface area contributed by atoms with Gasteiger partial charge in [0, 0.05) is 11.6 Å². The zero-order valence-electron chi connectivity index (χ0n) is 12.4. The summed E-state index contributed by atoms with van der Waals surface area (Å²) in [5.74, 6) is 0.510. The molecule has 1 fully saturated rings. The Hall–Kier alpha value is -1.89. The van der Waals surface area contributed by atoms with Crippen molar-refractivity contribution in [1.82, 2.24) is 4.98 Å². The van der Waals surface area contributed by atoms with E-state index in [1.807, 2.05) is 19.1 Å². The van der Waals surface area contributed by atoms with Gasteiger partial charge in [-0.1, -0.05) is 24.6 Å². The summed E-state index contributed by atoms with van der Waals surface area (Å²) in [6.07, 6.45) is 2.31. The number of aliphatic hydroxyl groups is 1. The Bertz CT molecular complexity index is 747. The first-order chi connectivity index (χ1) is 10.6. The van der Waals surface area contributed by atoms with E-state index in [9.17, 15) is 5.11 Å². The number of hydrogen-bond acceptors (Lipinski definition) is 3. The van der Waals surface area contributed by atoms with Crippen molar-refractivity contribution in [1.29, 1.82) is 5.26 Å². The Labute approximate surface area is 135 Å². The maximum absolute atomic E-state index is 10.3. The largest absolute Gasteiger partial charge is 0.388 e. The predicted molar refractivity (Wildman–Crippen MR) is 86.6 cm³/mol. The van der Waals surface area contributed by atoms with Gasteiger partial charge in [0.15, 0.2) is 0 Å². The third kappa shape index (κ3) is 2.99. The highest BCUT2D eigenvalue weighted by Crippen LogP contribution is 2.41. The van der Waals surface area contributed by atoms with Crippen molar-refractivity contribution in [2.24, 2.45) is 0 Å². The van der Waals surface area contributed by atoms with Crippen LogP contribution in [0.15, 0.2) is 30.3 Å². The van der Waals surface area contributed by atoms with E-state index in [4.69, 9.17) is 16.9 Å². The number of nitrogens with zero attached hydrogens (tertiary/aromatic N) is 2. The summed E-state index contributed by atoms with van der Waals surface area (Å²) in [5.41, 5.74) is 4.21. The maximum Gasteiger partial charge on any atom is 0.129 e. The molecular formula is C18H17ClN2O. The monoisotopic (exact) mass is 312 g/mol. The van der Waals surface area contributed by atoms with E-state index in [2.05, 4.69) is 17.1 Å². The molecule has 1 saturated carbocycles. The highest BCUT2D eigenvalue weighted by atomic mass is 35.5. The van der Waals surface area contributed by atoms with Gasteiger partial charge >= 0.3 is 0 Å². The molecule has 4 heteroatoms. The second-order valence-corrected chi connectivity index (χ2v) is 6.10. The fourth-order valence-corrected chi connectivity index (χ4v) is 2.87. The minimum atomic E-state index is -0.598.